The molecule has 0 aliphatic carbocycles. The highest BCUT2D eigenvalue weighted by molar-refractivity contribution is 5.97. The van der Waals surface area contributed by atoms with Gasteiger partial charge in [-0.1, -0.05) is 0 Å². The van der Waals surface area contributed by atoms with E-state index in [1.54, 1.807) is 6.20 Å². The van der Waals surface area contributed by atoms with Crippen LogP contribution in [0.25, 0.3) is 17.5 Å². The standard InChI is InChI=1S/C17H19F2N7/c18-17(19)11(20)1-2-15-22-7-13(25-15)12-5-16(24-9-23-12)26-4-3-10-6-21-14(10)8-26/h1-2,5,7,9-10,14,17,20-21H,3-4,6,8H2,(H,22,25)/b2-1-,20-11?. The SMILES string of the molecule is N=C(/C=C\c1ncc(-c2cc(N3CCC4CNC4C3)ncn2)[nH]1)C(F)F. The molecule has 2 fully saturated rings. The molecule has 0 radical (unpaired) electrons. The monoisotopic (exact) mass is 359 g/mol. The second-order valence-corrected chi connectivity index (χ2v) is 6.54. The summed E-state index contributed by atoms with van der Waals surface area (Å²) in [4.78, 5) is 18.1. The number of fused-ring (bicyclic) bond motifs is 1. The molecule has 2 unspecified atom stereocenters. The number of piperidine rings is 1. The minimum absolute atomic E-state index is 0.394. The number of nitrogens with zero attached hydrogens (tertiary/aromatic N) is 4. The Morgan fingerprint density at radius 1 is 1.35 bits per heavy atom. The summed E-state index contributed by atoms with van der Waals surface area (Å²) < 4.78 is 24.7. The maximum Gasteiger partial charge on any atom is 0.279 e. The summed E-state index contributed by atoms with van der Waals surface area (Å²) in [5.74, 6) is 2.04. The van der Waals surface area contributed by atoms with Gasteiger partial charge >= 0.3 is 0 Å². The zero-order valence-electron chi connectivity index (χ0n) is 14.0. The Balaban J connectivity index is 1.49. The predicted molar refractivity (Wildman–Crippen MR) is 94.5 cm³/mol. The summed E-state index contributed by atoms with van der Waals surface area (Å²) in [6.07, 6.45) is 3.87. The maximum absolute atomic E-state index is 12.3. The van der Waals surface area contributed by atoms with Gasteiger partial charge in [0.25, 0.3) is 6.43 Å². The van der Waals surface area contributed by atoms with Crippen LogP contribution in [0.3, 0.4) is 0 Å². The number of allylic oxidation sites excluding steroid dienone is 1. The topological polar surface area (TPSA) is 93.6 Å². The van der Waals surface area contributed by atoms with Crippen molar-refractivity contribution in [2.24, 2.45) is 5.92 Å². The molecule has 26 heavy (non-hydrogen) atoms. The summed E-state index contributed by atoms with van der Waals surface area (Å²) in [6.45, 7) is 3.03. The highest BCUT2D eigenvalue weighted by Gasteiger charge is 2.35. The van der Waals surface area contributed by atoms with Crippen molar-refractivity contribution in [3.63, 3.8) is 0 Å². The average molecular weight is 359 g/mol. The van der Waals surface area contributed by atoms with Gasteiger partial charge < -0.3 is 15.2 Å². The average Bonchev–Trinajstić information content (AvgIpc) is 3.10. The molecule has 2 aliphatic rings. The normalized spacial score (nSPS) is 22.5. The summed E-state index contributed by atoms with van der Waals surface area (Å²) in [5, 5.41) is 10.6. The van der Waals surface area contributed by atoms with Gasteiger partial charge in [0.2, 0.25) is 0 Å². The number of rotatable bonds is 5. The second kappa shape index (κ2) is 6.91. The Morgan fingerprint density at radius 3 is 2.96 bits per heavy atom. The summed E-state index contributed by atoms with van der Waals surface area (Å²) in [5.41, 5.74) is 0.614. The van der Waals surface area contributed by atoms with Crippen LogP contribution in [0.5, 0.6) is 0 Å². The molecule has 4 rings (SSSR count). The van der Waals surface area contributed by atoms with Crippen LogP contribution in [0.15, 0.2) is 24.7 Å². The van der Waals surface area contributed by atoms with Crippen LogP contribution < -0.4 is 10.2 Å². The molecule has 0 amide bonds. The number of H-pyrrole nitrogens is 1. The first-order valence-electron chi connectivity index (χ1n) is 8.50. The molecule has 2 atom stereocenters. The number of nitrogens with one attached hydrogen (secondary N) is 3. The smallest absolute Gasteiger partial charge is 0.279 e. The van der Waals surface area contributed by atoms with E-state index in [9.17, 15) is 8.78 Å². The molecule has 136 valence electrons. The molecule has 2 aliphatic heterocycles. The fourth-order valence-corrected chi connectivity index (χ4v) is 3.29. The van der Waals surface area contributed by atoms with Crippen LogP contribution >= 0.6 is 0 Å². The summed E-state index contributed by atoms with van der Waals surface area (Å²) in [6, 6.07) is 2.44. The molecular weight excluding hydrogens is 340 g/mol. The quantitative estimate of drug-likeness (QED) is 0.710. The lowest BCUT2D eigenvalue weighted by atomic mass is 9.85. The predicted octanol–water partition coefficient (Wildman–Crippen LogP) is 1.96. The van der Waals surface area contributed by atoms with Crippen molar-refractivity contribution in [2.75, 3.05) is 24.5 Å². The second-order valence-electron chi connectivity index (χ2n) is 6.54. The van der Waals surface area contributed by atoms with E-state index in [-0.39, 0.29) is 0 Å². The summed E-state index contributed by atoms with van der Waals surface area (Å²) in [7, 11) is 0. The number of hydrogen-bond acceptors (Lipinski definition) is 6. The molecule has 9 heteroatoms. The van der Waals surface area contributed by atoms with E-state index in [1.165, 1.54) is 12.4 Å². The number of aromatic amines is 1. The number of alkyl halides is 2. The van der Waals surface area contributed by atoms with Crippen LogP contribution in [-0.2, 0) is 0 Å². The van der Waals surface area contributed by atoms with Gasteiger partial charge in [-0.25, -0.2) is 23.7 Å². The maximum atomic E-state index is 12.3. The molecule has 0 saturated carbocycles. The van der Waals surface area contributed by atoms with Crippen LogP contribution in [0.1, 0.15) is 12.2 Å². The van der Waals surface area contributed by atoms with Gasteiger partial charge in [0.15, 0.2) is 0 Å². The largest absolute Gasteiger partial charge is 0.355 e. The van der Waals surface area contributed by atoms with Gasteiger partial charge in [0, 0.05) is 25.2 Å². The minimum Gasteiger partial charge on any atom is -0.355 e. The van der Waals surface area contributed by atoms with Crippen LogP contribution in [0.2, 0.25) is 0 Å². The zero-order valence-corrected chi connectivity index (χ0v) is 14.0. The molecule has 2 saturated heterocycles. The Kier molecular flexibility index (Phi) is 4.46. The van der Waals surface area contributed by atoms with Gasteiger partial charge in [-0.05, 0) is 31.0 Å². The molecule has 2 aromatic rings. The number of anilines is 1. The zero-order chi connectivity index (χ0) is 18.1. The third kappa shape index (κ3) is 3.34. The first-order valence-corrected chi connectivity index (χ1v) is 8.50. The highest BCUT2D eigenvalue weighted by Crippen LogP contribution is 2.28. The van der Waals surface area contributed by atoms with Crippen LogP contribution in [0, 0.1) is 11.3 Å². The highest BCUT2D eigenvalue weighted by atomic mass is 19.3. The Bertz CT molecular complexity index is 832. The van der Waals surface area contributed by atoms with Crippen molar-refractivity contribution in [3.8, 4) is 11.4 Å². The molecular formula is C17H19F2N7. The van der Waals surface area contributed by atoms with Crippen molar-refractivity contribution in [3.05, 3.63) is 30.5 Å². The van der Waals surface area contributed by atoms with E-state index in [2.05, 4.69) is 30.2 Å². The third-order valence-corrected chi connectivity index (χ3v) is 4.90. The van der Waals surface area contributed by atoms with E-state index >= 15 is 0 Å². The van der Waals surface area contributed by atoms with Crippen molar-refractivity contribution in [1.29, 1.82) is 5.41 Å². The molecule has 0 bridgehead atoms. The van der Waals surface area contributed by atoms with Gasteiger partial charge in [0.05, 0.1) is 23.3 Å². The van der Waals surface area contributed by atoms with Crippen molar-refractivity contribution < 1.29 is 8.78 Å². The molecule has 0 aromatic carbocycles. The Morgan fingerprint density at radius 2 is 2.23 bits per heavy atom. The third-order valence-electron chi connectivity index (χ3n) is 4.90. The molecule has 7 nitrogen and oxygen atoms in total. The van der Waals surface area contributed by atoms with E-state index in [4.69, 9.17) is 5.41 Å². The first-order chi connectivity index (χ1) is 12.6. The molecule has 2 aromatic heterocycles. The fraction of sp³-hybridized carbons (Fsp3) is 0.412. The van der Waals surface area contributed by atoms with Crippen molar-refractivity contribution in [2.45, 2.75) is 18.9 Å². The molecule has 4 heterocycles. The van der Waals surface area contributed by atoms with E-state index in [0.717, 1.165) is 43.9 Å². The van der Waals surface area contributed by atoms with E-state index in [1.807, 2.05) is 6.07 Å². The lowest BCUT2D eigenvalue weighted by Gasteiger charge is -2.46. The number of hydrogen-bond donors (Lipinski definition) is 3. The van der Waals surface area contributed by atoms with Gasteiger partial charge in [-0.15, -0.1) is 0 Å². The lowest BCUT2D eigenvalue weighted by Crippen LogP contribution is -2.62. The van der Waals surface area contributed by atoms with E-state index in [0.29, 0.717) is 23.3 Å². The Labute approximate surface area is 149 Å². The lowest BCUT2D eigenvalue weighted by molar-refractivity contribution is 0.196. The van der Waals surface area contributed by atoms with Gasteiger partial charge in [-0.2, -0.15) is 0 Å². The first kappa shape index (κ1) is 16.8. The minimum atomic E-state index is -2.79. The number of halogens is 2. The van der Waals surface area contributed by atoms with Gasteiger partial charge in [-0.3, -0.25) is 5.41 Å². The molecule has 0 spiro atoms. The number of imidazole rings is 1. The van der Waals surface area contributed by atoms with Crippen LogP contribution in [0.4, 0.5) is 14.6 Å². The van der Waals surface area contributed by atoms with Gasteiger partial charge in [0.1, 0.15) is 18.0 Å². The molecule has 3 N–H and O–H groups in total. The van der Waals surface area contributed by atoms with Crippen molar-refractivity contribution >= 4 is 17.6 Å². The Hall–Kier alpha value is -2.68. The summed E-state index contributed by atoms with van der Waals surface area (Å²) >= 11 is 0. The van der Waals surface area contributed by atoms with E-state index < -0.39 is 12.1 Å². The van der Waals surface area contributed by atoms with Crippen LogP contribution in [-0.4, -0.2) is 57.7 Å². The van der Waals surface area contributed by atoms with Crippen molar-refractivity contribution in [1.82, 2.24) is 25.3 Å². The number of aromatic nitrogens is 4. The fourth-order valence-electron chi connectivity index (χ4n) is 3.29.